The lowest BCUT2D eigenvalue weighted by molar-refractivity contribution is 0.0696. The molecule has 1 rings (SSSR count). The molecular weight excluding hydrogens is 334 g/mol. The molecule has 0 aliphatic heterocycles. The fraction of sp³-hybridized carbons (Fsp3) is 0.579. The first-order chi connectivity index (χ1) is 12.1. The van der Waals surface area contributed by atoms with Crippen molar-refractivity contribution in [1.29, 1.82) is 0 Å². The number of hydrogen-bond acceptors (Lipinski definition) is 5. The normalized spacial score (nSPS) is 11.6. The second kappa shape index (κ2) is 10.1. The van der Waals surface area contributed by atoms with Gasteiger partial charge in [-0.1, -0.05) is 0 Å². The van der Waals surface area contributed by atoms with Crippen molar-refractivity contribution in [2.24, 2.45) is 0 Å². The van der Waals surface area contributed by atoms with Crippen LogP contribution in [0.4, 0.5) is 0 Å². The molecule has 1 aromatic rings. The molecule has 0 fully saturated rings. The number of amides is 1. The molecule has 26 heavy (non-hydrogen) atoms. The summed E-state index contributed by atoms with van der Waals surface area (Å²) in [6.07, 6.45) is 1.85. The summed E-state index contributed by atoms with van der Waals surface area (Å²) in [6.45, 7) is 9.72. The fourth-order valence-corrected chi connectivity index (χ4v) is 2.44. The molecule has 0 aromatic heterocycles. The molecule has 0 saturated heterocycles. The molecular formula is C19H31N3O4. The van der Waals surface area contributed by atoms with Gasteiger partial charge in [-0.2, -0.15) is 0 Å². The molecule has 0 spiro atoms. The average Bonchev–Trinajstić information content (AvgIpc) is 2.54. The SMILES string of the molecule is CN(CCCNC(=O)c1cc(O)cc(C(=O)O)c1)CCCNC(C)(C)C. The standard InChI is InChI=1S/C19H31N3O4/c1-19(2,3)21-8-6-10-22(4)9-5-7-20-17(24)14-11-15(18(25)26)13-16(23)12-14/h11-13,21,23H,5-10H2,1-4H3,(H,20,24)(H,25,26). The number of aromatic carboxylic acids is 1. The van der Waals surface area contributed by atoms with Crippen LogP contribution in [0.25, 0.3) is 0 Å². The Morgan fingerprint density at radius 2 is 1.62 bits per heavy atom. The Labute approximate surface area is 155 Å². The summed E-state index contributed by atoms with van der Waals surface area (Å²) in [7, 11) is 2.05. The highest BCUT2D eigenvalue weighted by molar-refractivity contribution is 5.98. The van der Waals surface area contributed by atoms with Gasteiger partial charge < -0.3 is 25.7 Å². The summed E-state index contributed by atoms with van der Waals surface area (Å²) in [6, 6.07) is 3.63. The third kappa shape index (κ3) is 8.82. The molecule has 0 bridgehead atoms. The van der Waals surface area contributed by atoms with Gasteiger partial charge in [0, 0.05) is 17.6 Å². The number of carboxylic acid groups (broad SMARTS) is 1. The van der Waals surface area contributed by atoms with Gasteiger partial charge in [0.1, 0.15) is 5.75 Å². The van der Waals surface area contributed by atoms with Crippen molar-refractivity contribution in [1.82, 2.24) is 15.5 Å². The van der Waals surface area contributed by atoms with E-state index in [-0.39, 0.29) is 28.3 Å². The molecule has 146 valence electrons. The van der Waals surface area contributed by atoms with Crippen LogP contribution in [-0.2, 0) is 0 Å². The quantitative estimate of drug-likeness (QED) is 0.473. The van der Waals surface area contributed by atoms with Crippen molar-refractivity contribution in [3.8, 4) is 5.75 Å². The molecule has 4 N–H and O–H groups in total. The van der Waals surface area contributed by atoms with Crippen molar-refractivity contribution >= 4 is 11.9 Å². The van der Waals surface area contributed by atoms with Crippen LogP contribution in [0.15, 0.2) is 18.2 Å². The predicted octanol–water partition coefficient (Wildman–Crippen LogP) is 1.92. The number of carbonyl (C=O) groups is 2. The summed E-state index contributed by atoms with van der Waals surface area (Å²) in [5.41, 5.74) is 0.164. The van der Waals surface area contributed by atoms with Crippen molar-refractivity contribution in [3.05, 3.63) is 29.3 Å². The highest BCUT2D eigenvalue weighted by atomic mass is 16.4. The second-order valence-corrected chi connectivity index (χ2v) is 7.52. The Balaban J connectivity index is 2.29. The van der Waals surface area contributed by atoms with Crippen LogP contribution < -0.4 is 10.6 Å². The first kappa shape index (κ1) is 21.9. The van der Waals surface area contributed by atoms with Crippen LogP contribution in [0.5, 0.6) is 5.75 Å². The van der Waals surface area contributed by atoms with E-state index >= 15 is 0 Å². The van der Waals surface area contributed by atoms with Crippen molar-refractivity contribution in [2.45, 2.75) is 39.2 Å². The highest BCUT2D eigenvalue weighted by Crippen LogP contribution is 2.15. The molecule has 0 aliphatic carbocycles. The van der Waals surface area contributed by atoms with E-state index in [0.717, 1.165) is 38.5 Å². The molecule has 7 nitrogen and oxygen atoms in total. The lowest BCUT2D eigenvalue weighted by atomic mass is 10.1. The minimum absolute atomic E-state index is 0.112. The van der Waals surface area contributed by atoms with Gasteiger partial charge in [-0.3, -0.25) is 4.79 Å². The lowest BCUT2D eigenvalue weighted by Crippen LogP contribution is -2.37. The Hall–Kier alpha value is -2.12. The Morgan fingerprint density at radius 3 is 2.19 bits per heavy atom. The maximum atomic E-state index is 12.1. The molecule has 0 aliphatic rings. The van der Waals surface area contributed by atoms with E-state index in [2.05, 4.69) is 36.3 Å². The molecule has 1 amide bonds. The third-order valence-corrected chi connectivity index (χ3v) is 3.80. The molecule has 0 atom stereocenters. The number of phenols is 1. The maximum absolute atomic E-state index is 12.1. The van der Waals surface area contributed by atoms with Crippen LogP contribution in [0.3, 0.4) is 0 Å². The van der Waals surface area contributed by atoms with Crippen LogP contribution >= 0.6 is 0 Å². The minimum atomic E-state index is -1.18. The van der Waals surface area contributed by atoms with E-state index in [9.17, 15) is 14.7 Å². The van der Waals surface area contributed by atoms with E-state index < -0.39 is 5.97 Å². The van der Waals surface area contributed by atoms with Gasteiger partial charge in [-0.15, -0.1) is 0 Å². The number of nitrogens with zero attached hydrogens (tertiary/aromatic N) is 1. The van der Waals surface area contributed by atoms with Crippen LogP contribution in [0, 0.1) is 0 Å². The number of nitrogens with one attached hydrogen (secondary N) is 2. The summed E-state index contributed by atoms with van der Waals surface area (Å²) in [4.78, 5) is 25.3. The van der Waals surface area contributed by atoms with Crippen LogP contribution in [-0.4, -0.2) is 65.8 Å². The van der Waals surface area contributed by atoms with E-state index in [4.69, 9.17) is 5.11 Å². The fourth-order valence-electron chi connectivity index (χ4n) is 2.44. The molecule has 0 unspecified atom stereocenters. The summed E-state index contributed by atoms with van der Waals surface area (Å²) < 4.78 is 0. The first-order valence-electron chi connectivity index (χ1n) is 8.87. The smallest absolute Gasteiger partial charge is 0.335 e. The summed E-state index contributed by atoms with van der Waals surface area (Å²) in [5.74, 6) is -1.81. The second-order valence-electron chi connectivity index (χ2n) is 7.52. The Kier molecular flexibility index (Phi) is 8.54. The number of hydrogen-bond donors (Lipinski definition) is 4. The lowest BCUT2D eigenvalue weighted by Gasteiger charge is -2.22. The zero-order valence-electron chi connectivity index (χ0n) is 16.1. The number of carbonyl (C=O) groups excluding carboxylic acids is 1. The van der Waals surface area contributed by atoms with Gasteiger partial charge >= 0.3 is 5.97 Å². The van der Waals surface area contributed by atoms with Gasteiger partial charge in [0.15, 0.2) is 0 Å². The zero-order valence-corrected chi connectivity index (χ0v) is 16.1. The van der Waals surface area contributed by atoms with Gasteiger partial charge in [0.05, 0.1) is 5.56 Å². The molecule has 0 radical (unpaired) electrons. The molecule has 7 heteroatoms. The van der Waals surface area contributed by atoms with Gasteiger partial charge in [-0.05, 0) is 78.5 Å². The van der Waals surface area contributed by atoms with E-state index in [0.29, 0.717) is 6.54 Å². The number of rotatable bonds is 10. The van der Waals surface area contributed by atoms with E-state index in [1.807, 2.05) is 7.05 Å². The number of aromatic hydroxyl groups is 1. The number of phenolic OH excluding ortho intramolecular Hbond substituents is 1. The molecule has 0 heterocycles. The summed E-state index contributed by atoms with van der Waals surface area (Å²) in [5, 5.41) is 24.7. The van der Waals surface area contributed by atoms with E-state index in [1.165, 1.54) is 12.1 Å². The van der Waals surface area contributed by atoms with Crippen LogP contribution in [0.2, 0.25) is 0 Å². The van der Waals surface area contributed by atoms with Gasteiger partial charge in [0.2, 0.25) is 0 Å². The first-order valence-corrected chi connectivity index (χ1v) is 8.87. The topological polar surface area (TPSA) is 102 Å². The zero-order chi connectivity index (χ0) is 19.7. The minimum Gasteiger partial charge on any atom is -0.508 e. The Bertz CT molecular complexity index is 611. The maximum Gasteiger partial charge on any atom is 0.335 e. The molecule has 0 saturated carbocycles. The van der Waals surface area contributed by atoms with Crippen molar-refractivity contribution < 1.29 is 19.8 Å². The van der Waals surface area contributed by atoms with Crippen LogP contribution in [0.1, 0.15) is 54.3 Å². The Morgan fingerprint density at radius 1 is 1.04 bits per heavy atom. The highest BCUT2D eigenvalue weighted by Gasteiger charge is 2.12. The van der Waals surface area contributed by atoms with E-state index in [1.54, 1.807) is 0 Å². The predicted molar refractivity (Wildman–Crippen MR) is 102 cm³/mol. The van der Waals surface area contributed by atoms with Crippen molar-refractivity contribution in [3.63, 3.8) is 0 Å². The van der Waals surface area contributed by atoms with Crippen molar-refractivity contribution in [2.75, 3.05) is 33.2 Å². The van der Waals surface area contributed by atoms with Gasteiger partial charge in [-0.25, -0.2) is 4.79 Å². The number of benzene rings is 1. The average molecular weight is 365 g/mol. The monoisotopic (exact) mass is 365 g/mol. The summed E-state index contributed by atoms with van der Waals surface area (Å²) >= 11 is 0. The van der Waals surface area contributed by atoms with Gasteiger partial charge in [0.25, 0.3) is 5.91 Å². The molecule has 1 aromatic carbocycles. The third-order valence-electron chi connectivity index (χ3n) is 3.80. The number of carboxylic acids is 1. The largest absolute Gasteiger partial charge is 0.508 e.